The number of aryl methyl sites for hydroxylation is 1. The molecule has 0 bridgehead atoms. The van der Waals surface area contributed by atoms with Crippen LogP contribution in [0, 0.1) is 13.8 Å². The van der Waals surface area contributed by atoms with Crippen molar-refractivity contribution in [1.82, 2.24) is 9.78 Å². The van der Waals surface area contributed by atoms with E-state index in [9.17, 15) is 4.79 Å². The molecule has 0 atom stereocenters. The van der Waals surface area contributed by atoms with E-state index in [1.54, 1.807) is 22.9 Å². The summed E-state index contributed by atoms with van der Waals surface area (Å²) in [5.41, 5.74) is 2.92. The Morgan fingerprint density at radius 3 is 2.44 bits per heavy atom. The summed E-state index contributed by atoms with van der Waals surface area (Å²) in [5.74, 6) is -0.956. The molecule has 1 aromatic heterocycles. The van der Waals surface area contributed by atoms with Crippen LogP contribution in [0.4, 0.5) is 0 Å². The number of hydrogen-bond acceptors (Lipinski definition) is 2. The van der Waals surface area contributed by atoms with Crippen LogP contribution in [0.1, 0.15) is 21.7 Å². The van der Waals surface area contributed by atoms with E-state index in [1.807, 2.05) is 13.8 Å². The highest BCUT2D eigenvalue weighted by Crippen LogP contribution is 2.26. The van der Waals surface area contributed by atoms with Crippen molar-refractivity contribution in [3.63, 3.8) is 0 Å². The van der Waals surface area contributed by atoms with Crippen LogP contribution >= 0.6 is 31.9 Å². The van der Waals surface area contributed by atoms with Gasteiger partial charge in [-0.1, -0.05) is 0 Å². The topological polar surface area (TPSA) is 55.1 Å². The SMILES string of the molecule is Cc1nn(-c2ccc(C(=O)O)c(Br)c2)c(C)c1Br. The van der Waals surface area contributed by atoms with Gasteiger partial charge in [0, 0.05) is 4.47 Å². The minimum absolute atomic E-state index is 0.236. The third-order valence-corrected chi connectivity index (χ3v) is 4.43. The Bertz CT molecular complexity index is 635. The molecule has 94 valence electrons. The van der Waals surface area contributed by atoms with Gasteiger partial charge in [-0.05, 0) is 63.9 Å². The molecule has 6 heteroatoms. The highest BCUT2D eigenvalue weighted by molar-refractivity contribution is 9.10. The zero-order valence-electron chi connectivity index (χ0n) is 9.74. The number of nitrogens with zero attached hydrogens (tertiary/aromatic N) is 2. The molecular weight excluding hydrogens is 364 g/mol. The summed E-state index contributed by atoms with van der Waals surface area (Å²) in [6, 6.07) is 5.04. The molecule has 0 spiro atoms. The molecule has 0 saturated heterocycles. The molecular formula is C12H10Br2N2O2. The number of halogens is 2. The zero-order valence-corrected chi connectivity index (χ0v) is 12.9. The van der Waals surface area contributed by atoms with E-state index in [2.05, 4.69) is 37.0 Å². The molecule has 0 radical (unpaired) electrons. The van der Waals surface area contributed by atoms with Crippen molar-refractivity contribution < 1.29 is 9.90 Å². The van der Waals surface area contributed by atoms with Gasteiger partial charge in [0.15, 0.2) is 0 Å². The molecule has 2 aromatic rings. The Morgan fingerprint density at radius 1 is 1.33 bits per heavy atom. The minimum atomic E-state index is -0.956. The van der Waals surface area contributed by atoms with Gasteiger partial charge in [0.05, 0.1) is 27.1 Å². The van der Waals surface area contributed by atoms with Crippen LogP contribution in [-0.4, -0.2) is 20.9 Å². The van der Waals surface area contributed by atoms with Gasteiger partial charge < -0.3 is 5.11 Å². The summed E-state index contributed by atoms with van der Waals surface area (Å²) >= 11 is 6.73. The number of hydrogen-bond donors (Lipinski definition) is 1. The molecule has 0 aliphatic carbocycles. The first-order chi connectivity index (χ1) is 8.41. The van der Waals surface area contributed by atoms with Gasteiger partial charge in [-0.15, -0.1) is 0 Å². The first kappa shape index (κ1) is 13.3. The third kappa shape index (κ3) is 2.22. The molecule has 4 nitrogen and oxygen atoms in total. The molecule has 0 amide bonds. The average Bonchev–Trinajstić information content (AvgIpc) is 2.56. The lowest BCUT2D eigenvalue weighted by atomic mass is 10.2. The molecule has 0 saturated carbocycles. The van der Waals surface area contributed by atoms with E-state index in [0.29, 0.717) is 4.47 Å². The van der Waals surface area contributed by atoms with E-state index in [1.165, 1.54) is 0 Å². The van der Waals surface area contributed by atoms with Crippen molar-refractivity contribution in [1.29, 1.82) is 0 Å². The molecule has 1 heterocycles. The average molecular weight is 374 g/mol. The van der Waals surface area contributed by atoms with E-state index in [4.69, 9.17) is 5.11 Å². The van der Waals surface area contributed by atoms with Crippen LogP contribution in [0.25, 0.3) is 5.69 Å². The Kier molecular flexibility index (Phi) is 3.59. The van der Waals surface area contributed by atoms with Crippen LogP contribution < -0.4 is 0 Å². The van der Waals surface area contributed by atoms with Crippen molar-refractivity contribution in [3.05, 3.63) is 44.1 Å². The third-order valence-electron chi connectivity index (χ3n) is 2.63. The van der Waals surface area contributed by atoms with Gasteiger partial charge in [0.1, 0.15) is 0 Å². The lowest BCUT2D eigenvalue weighted by Crippen LogP contribution is -2.02. The second-order valence-electron chi connectivity index (χ2n) is 3.87. The number of carboxylic acids is 1. The first-order valence-electron chi connectivity index (χ1n) is 5.16. The van der Waals surface area contributed by atoms with Crippen LogP contribution in [0.3, 0.4) is 0 Å². The summed E-state index contributed by atoms with van der Waals surface area (Å²) in [7, 11) is 0. The lowest BCUT2D eigenvalue weighted by Gasteiger charge is -2.06. The molecule has 0 aliphatic rings. The Balaban J connectivity index is 2.55. The molecule has 1 aromatic carbocycles. The molecule has 0 fully saturated rings. The summed E-state index contributed by atoms with van der Waals surface area (Å²) in [6.07, 6.45) is 0. The van der Waals surface area contributed by atoms with E-state index < -0.39 is 5.97 Å². The van der Waals surface area contributed by atoms with Gasteiger partial charge in [-0.25, -0.2) is 9.48 Å². The number of benzene rings is 1. The largest absolute Gasteiger partial charge is 0.478 e. The summed E-state index contributed by atoms with van der Waals surface area (Å²) in [4.78, 5) is 10.9. The molecule has 1 N–H and O–H groups in total. The summed E-state index contributed by atoms with van der Waals surface area (Å²) in [6.45, 7) is 3.86. The predicted octanol–water partition coefficient (Wildman–Crippen LogP) is 3.71. The Hall–Kier alpha value is -1.14. The highest BCUT2D eigenvalue weighted by atomic mass is 79.9. The quantitative estimate of drug-likeness (QED) is 0.872. The van der Waals surface area contributed by atoms with Gasteiger partial charge in [0.2, 0.25) is 0 Å². The van der Waals surface area contributed by atoms with Crippen LogP contribution in [-0.2, 0) is 0 Å². The molecule has 18 heavy (non-hydrogen) atoms. The number of carbonyl (C=O) groups is 1. The maximum absolute atomic E-state index is 10.9. The molecule has 0 unspecified atom stereocenters. The van der Waals surface area contributed by atoms with Crippen molar-refractivity contribution in [2.45, 2.75) is 13.8 Å². The monoisotopic (exact) mass is 372 g/mol. The fraction of sp³-hybridized carbons (Fsp3) is 0.167. The van der Waals surface area contributed by atoms with E-state index >= 15 is 0 Å². The van der Waals surface area contributed by atoms with Crippen molar-refractivity contribution >= 4 is 37.8 Å². The normalized spacial score (nSPS) is 10.7. The van der Waals surface area contributed by atoms with E-state index in [0.717, 1.165) is 21.5 Å². The standard InChI is InChI=1S/C12H10Br2N2O2/c1-6-11(14)7(2)16(15-6)8-3-4-9(12(17)18)10(13)5-8/h3-5H,1-2H3,(H,17,18). The first-order valence-corrected chi connectivity index (χ1v) is 6.75. The Labute approximate surface area is 121 Å². The van der Waals surface area contributed by atoms with Crippen LogP contribution in [0.15, 0.2) is 27.1 Å². The minimum Gasteiger partial charge on any atom is -0.478 e. The maximum Gasteiger partial charge on any atom is 0.336 e. The Morgan fingerprint density at radius 2 is 2.00 bits per heavy atom. The number of aromatic nitrogens is 2. The van der Waals surface area contributed by atoms with Crippen molar-refractivity contribution in [3.8, 4) is 5.69 Å². The van der Waals surface area contributed by atoms with Gasteiger partial charge in [0.25, 0.3) is 0 Å². The summed E-state index contributed by atoms with van der Waals surface area (Å²) in [5, 5.41) is 13.4. The number of rotatable bonds is 2. The lowest BCUT2D eigenvalue weighted by molar-refractivity contribution is 0.0696. The van der Waals surface area contributed by atoms with Gasteiger partial charge in [-0.2, -0.15) is 5.10 Å². The second kappa shape index (κ2) is 4.85. The van der Waals surface area contributed by atoms with Crippen LogP contribution in [0.5, 0.6) is 0 Å². The summed E-state index contributed by atoms with van der Waals surface area (Å²) < 4.78 is 3.27. The maximum atomic E-state index is 10.9. The predicted molar refractivity (Wildman–Crippen MR) is 75.4 cm³/mol. The van der Waals surface area contributed by atoms with Crippen LogP contribution in [0.2, 0.25) is 0 Å². The van der Waals surface area contributed by atoms with Gasteiger partial charge in [-0.3, -0.25) is 0 Å². The van der Waals surface area contributed by atoms with Crippen molar-refractivity contribution in [2.75, 3.05) is 0 Å². The fourth-order valence-electron chi connectivity index (χ4n) is 1.68. The number of aromatic carboxylic acids is 1. The molecule has 0 aliphatic heterocycles. The second-order valence-corrected chi connectivity index (χ2v) is 5.51. The smallest absolute Gasteiger partial charge is 0.336 e. The molecule has 2 rings (SSSR count). The van der Waals surface area contributed by atoms with Gasteiger partial charge >= 0.3 is 5.97 Å². The van der Waals surface area contributed by atoms with E-state index in [-0.39, 0.29) is 5.56 Å². The number of carboxylic acid groups (broad SMARTS) is 1. The highest BCUT2D eigenvalue weighted by Gasteiger charge is 2.13. The van der Waals surface area contributed by atoms with Crippen molar-refractivity contribution in [2.24, 2.45) is 0 Å². The zero-order chi connectivity index (χ0) is 13.4. The fourth-order valence-corrected chi connectivity index (χ4v) is 2.47.